The molecular formula is C22H19F3N8O3. The molecule has 0 aliphatic heterocycles. The van der Waals surface area contributed by atoms with E-state index in [9.17, 15) is 18.0 Å². The van der Waals surface area contributed by atoms with Gasteiger partial charge < -0.3 is 10.5 Å². The van der Waals surface area contributed by atoms with Crippen molar-refractivity contribution < 1.29 is 27.3 Å². The van der Waals surface area contributed by atoms with Crippen LogP contribution in [0.2, 0.25) is 0 Å². The minimum absolute atomic E-state index is 0.00883. The van der Waals surface area contributed by atoms with Gasteiger partial charge in [-0.25, -0.2) is 10.1 Å². The average molecular weight is 500 g/mol. The Kier molecular flexibility index (Phi) is 6.94. The zero-order valence-electron chi connectivity index (χ0n) is 18.7. The predicted molar refractivity (Wildman–Crippen MR) is 121 cm³/mol. The molecular weight excluding hydrogens is 481 g/mol. The Hall–Kier alpha value is -4.75. The number of hydrogen-bond donors (Lipinski definition) is 2. The summed E-state index contributed by atoms with van der Waals surface area (Å²) >= 11 is 0. The molecule has 0 bridgehead atoms. The molecule has 0 unspecified atom stereocenters. The minimum atomic E-state index is -4.58. The number of halogens is 3. The molecule has 14 heteroatoms. The number of anilines is 1. The summed E-state index contributed by atoms with van der Waals surface area (Å²) in [6.07, 6.45) is -2.86. The van der Waals surface area contributed by atoms with Gasteiger partial charge in [0.25, 0.3) is 5.91 Å². The summed E-state index contributed by atoms with van der Waals surface area (Å²) in [5.41, 5.74) is 7.31. The van der Waals surface area contributed by atoms with Gasteiger partial charge in [-0.2, -0.15) is 23.0 Å². The van der Waals surface area contributed by atoms with E-state index in [1.165, 1.54) is 18.2 Å². The number of carbonyl (C=O) groups excluding carboxylic acids is 1. The first kappa shape index (κ1) is 24.4. The van der Waals surface area contributed by atoms with Crippen molar-refractivity contribution in [2.45, 2.75) is 19.5 Å². The zero-order valence-corrected chi connectivity index (χ0v) is 18.7. The van der Waals surface area contributed by atoms with E-state index in [-0.39, 0.29) is 28.6 Å². The standard InChI is InChI=1S/C22H19F3N8O3/c1-2-11-35-15-9-7-13(8-10-15)18-17(28-32-33(18)20-19(26)30-36-31-20)21(34)29-27-12-14-5-3-4-6-16(14)22(23,24)25/h3-10,12H,2,11H2,1H3,(H2,26,30)(H,29,34). The zero-order chi connectivity index (χ0) is 25.7. The van der Waals surface area contributed by atoms with E-state index < -0.39 is 17.6 Å². The van der Waals surface area contributed by atoms with E-state index in [2.05, 4.69) is 35.8 Å². The van der Waals surface area contributed by atoms with E-state index in [4.69, 9.17) is 10.5 Å². The first-order valence-electron chi connectivity index (χ1n) is 10.6. The second-order valence-electron chi connectivity index (χ2n) is 7.33. The molecule has 0 fully saturated rings. The van der Waals surface area contributed by atoms with Gasteiger partial charge in [-0.05, 0) is 47.1 Å². The first-order valence-corrected chi connectivity index (χ1v) is 10.6. The second-order valence-corrected chi connectivity index (χ2v) is 7.33. The monoisotopic (exact) mass is 500 g/mol. The van der Waals surface area contributed by atoms with Crippen LogP contribution in [0.4, 0.5) is 19.0 Å². The number of nitrogens with zero attached hydrogens (tertiary/aromatic N) is 6. The Bertz CT molecular complexity index is 1380. The molecule has 0 aliphatic carbocycles. The quantitative estimate of drug-likeness (QED) is 0.276. The lowest BCUT2D eigenvalue weighted by molar-refractivity contribution is -0.137. The normalized spacial score (nSPS) is 11.7. The maximum absolute atomic E-state index is 13.2. The third-order valence-corrected chi connectivity index (χ3v) is 4.82. The number of nitrogens with two attached hydrogens (primary N) is 1. The van der Waals surface area contributed by atoms with Crippen molar-refractivity contribution >= 4 is 17.9 Å². The van der Waals surface area contributed by atoms with Crippen molar-refractivity contribution in [3.63, 3.8) is 0 Å². The molecule has 2 aromatic carbocycles. The molecule has 36 heavy (non-hydrogen) atoms. The number of amides is 1. The van der Waals surface area contributed by atoms with Gasteiger partial charge in [0.2, 0.25) is 11.6 Å². The molecule has 186 valence electrons. The smallest absolute Gasteiger partial charge is 0.417 e. The van der Waals surface area contributed by atoms with Crippen LogP contribution < -0.4 is 15.9 Å². The van der Waals surface area contributed by atoms with Gasteiger partial charge >= 0.3 is 6.18 Å². The highest BCUT2D eigenvalue weighted by molar-refractivity contribution is 5.99. The molecule has 0 aliphatic rings. The average Bonchev–Trinajstić information content (AvgIpc) is 3.48. The molecule has 0 saturated carbocycles. The van der Waals surface area contributed by atoms with Crippen LogP contribution in [0, 0.1) is 0 Å². The number of alkyl halides is 3. The topological polar surface area (TPSA) is 146 Å². The lowest BCUT2D eigenvalue weighted by atomic mass is 10.1. The van der Waals surface area contributed by atoms with Crippen LogP contribution >= 0.6 is 0 Å². The van der Waals surface area contributed by atoms with E-state index in [1.54, 1.807) is 24.3 Å². The molecule has 0 atom stereocenters. The molecule has 2 aromatic heterocycles. The fourth-order valence-corrected chi connectivity index (χ4v) is 3.19. The Labute approximate surface area is 201 Å². The van der Waals surface area contributed by atoms with E-state index >= 15 is 0 Å². The van der Waals surface area contributed by atoms with Crippen LogP contribution in [0.5, 0.6) is 5.75 Å². The number of rotatable bonds is 8. The Balaban J connectivity index is 1.66. The van der Waals surface area contributed by atoms with Crippen LogP contribution in [-0.2, 0) is 6.18 Å². The summed E-state index contributed by atoms with van der Waals surface area (Å²) in [6.45, 7) is 2.51. The Morgan fingerprint density at radius 1 is 1.19 bits per heavy atom. The molecule has 0 saturated heterocycles. The Morgan fingerprint density at radius 3 is 2.61 bits per heavy atom. The number of nitrogen functional groups attached to an aromatic ring is 1. The van der Waals surface area contributed by atoms with Crippen molar-refractivity contribution in [3.05, 3.63) is 65.4 Å². The lowest BCUT2D eigenvalue weighted by Crippen LogP contribution is -2.20. The van der Waals surface area contributed by atoms with Gasteiger partial charge in [0.15, 0.2) is 5.69 Å². The maximum Gasteiger partial charge on any atom is 0.417 e. The third kappa shape index (κ3) is 5.16. The molecule has 4 rings (SSSR count). The highest BCUT2D eigenvalue weighted by atomic mass is 19.4. The summed E-state index contributed by atoms with van der Waals surface area (Å²) < 4.78 is 51.0. The predicted octanol–water partition coefficient (Wildman–Crippen LogP) is 3.47. The number of carbonyl (C=O) groups is 1. The first-order chi connectivity index (χ1) is 17.3. The van der Waals surface area contributed by atoms with Crippen molar-refractivity contribution in [1.82, 2.24) is 30.7 Å². The van der Waals surface area contributed by atoms with Crippen LogP contribution in [0.3, 0.4) is 0 Å². The molecule has 4 aromatic rings. The van der Waals surface area contributed by atoms with Crippen LogP contribution in [-0.4, -0.2) is 44.0 Å². The van der Waals surface area contributed by atoms with Crippen molar-refractivity contribution in [3.8, 4) is 22.8 Å². The number of ether oxygens (including phenoxy) is 1. The fourth-order valence-electron chi connectivity index (χ4n) is 3.19. The molecule has 1 amide bonds. The number of benzene rings is 2. The number of hydrazone groups is 1. The summed E-state index contributed by atoms with van der Waals surface area (Å²) in [5, 5.41) is 18.7. The molecule has 3 N–H and O–H groups in total. The number of aromatic nitrogens is 5. The van der Waals surface area contributed by atoms with Gasteiger partial charge in [0, 0.05) is 11.1 Å². The van der Waals surface area contributed by atoms with Crippen molar-refractivity contribution in [1.29, 1.82) is 0 Å². The van der Waals surface area contributed by atoms with Gasteiger partial charge in [0.1, 0.15) is 11.4 Å². The minimum Gasteiger partial charge on any atom is -0.494 e. The third-order valence-electron chi connectivity index (χ3n) is 4.82. The molecule has 2 heterocycles. The fraction of sp³-hybridized carbons (Fsp3) is 0.182. The van der Waals surface area contributed by atoms with Crippen molar-refractivity contribution in [2.75, 3.05) is 12.3 Å². The second kappa shape index (κ2) is 10.2. The Morgan fingerprint density at radius 2 is 1.94 bits per heavy atom. The van der Waals surface area contributed by atoms with E-state index in [1.807, 2.05) is 6.92 Å². The van der Waals surface area contributed by atoms with Gasteiger partial charge in [-0.3, -0.25) is 4.79 Å². The summed E-state index contributed by atoms with van der Waals surface area (Å²) in [5.74, 6) is -0.331. The highest BCUT2D eigenvalue weighted by Gasteiger charge is 2.32. The van der Waals surface area contributed by atoms with Gasteiger partial charge in [0.05, 0.1) is 18.4 Å². The molecule has 0 spiro atoms. The van der Waals surface area contributed by atoms with Crippen LogP contribution in [0.1, 0.15) is 35.0 Å². The van der Waals surface area contributed by atoms with Crippen LogP contribution in [0.15, 0.2) is 58.3 Å². The molecule has 11 nitrogen and oxygen atoms in total. The summed E-state index contributed by atoms with van der Waals surface area (Å²) in [6, 6.07) is 11.5. The largest absolute Gasteiger partial charge is 0.494 e. The van der Waals surface area contributed by atoms with Gasteiger partial charge in [-0.1, -0.05) is 30.3 Å². The lowest BCUT2D eigenvalue weighted by Gasteiger charge is -2.09. The number of nitrogens with one attached hydrogen (secondary N) is 1. The van der Waals surface area contributed by atoms with E-state index in [0.29, 0.717) is 17.9 Å². The summed E-state index contributed by atoms with van der Waals surface area (Å²) in [7, 11) is 0. The number of hydrogen-bond acceptors (Lipinski definition) is 9. The molecule has 0 radical (unpaired) electrons. The highest BCUT2D eigenvalue weighted by Crippen LogP contribution is 2.31. The SMILES string of the molecule is CCCOc1ccc(-c2c(C(=O)NN=Cc3ccccc3C(F)(F)F)nnn2-c2nonc2N)cc1. The van der Waals surface area contributed by atoms with Gasteiger partial charge in [-0.15, -0.1) is 5.10 Å². The van der Waals surface area contributed by atoms with Crippen molar-refractivity contribution in [2.24, 2.45) is 5.10 Å². The van der Waals surface area contributed by atoms with E-state index in [0.717, 1.165) is 23.4 Å². The summed E-state index contributed by atoms with van der Waals surface area (Å²) in [4.78, 5) is 12.9. The maximum atomic E-state index is 13.2. The van der Waals surface area contributed by atoms with Crippen LogP contribution in [0.25, 0.3) is 17.1 Å².